The van der Waals surface area contributed by atoms with E-state index in [1.165, 1.54) is 13.3 Å². The Hall–Kier alpha value is -2.56. The highest BCUT2D eigenvalue weighted by atomic mass is 16.5. The van der Waals surface area contributed by atoms with E-state index in [-0.39, 0.29) is 5.56 Å². The summed E-state index contributed by atoms with van der Waals surface area (Å²) in [7, 11) is 1.52. The fourth-order valence-corrected chi connectivity index (χ4v) is 1.72. The molecule has 2 N–H and O–H groups in total. The monoisotopic (exact) mass is 245 g/mol. The Labute approximate surface area is 103 Å². The van der Waals surface area contributed by atoms with Crippen molar-refractivity contribution in [2.75, 3.05) is 7.11 Å². The minimum Gasteiger partial charge on any atom is -0.497 e. The minimum absolute atomic E-state index is 0.272. The van der Waals surface area contributed by atoms with Gasteiger partial charge in [-0.2, -0.15) is 0 Å². The fourth-order valence-electron chi connectivity index (χ4n) is 1.72. The molecule has 0 aliphatic carbocycles. The number of benzene rings is 1. The Balaban J connectivity index is 2.67. The number of carbonyl (C=O) groups is 1. The quantitative estimate of drug-likeness (QED) is 0.863. The van der Waals surface area contributed by atoms with Gasteiger partial charge in [-0.3, -0.25) is 4.79 Å². The van der Waals surface area contributed by atoms with Gasteiger partial charge in [-0.15, -0.1) is 0 Å². The zero-order valence-corrected chi connectivity index (χ0v) is 9.64. The van der Waals surface area contributed by atoms with Gasteiger partial charge in [-0.1, -0.05) is 12.1 Å². The van der Waals surface area contributed by atoms with Crippen LogP contribution in [0.5, 0.6) is 5.75 Å². The van der Waals surface area contributed by atoms with E-state index in [1.54, 1.807) is 30.3 Å². The summed E-state index contributed by atoms with van der Waals surface area (Å²) in [5.74, 6) is -0.654. The normalized spacial score (nSPS) is 10.1. The van der Waals surface area contributed by atoms with Crippen molar-refractivity contribution >= 4 is 5.97 Å². The molecule has 0 aliphatic heterocycles. The van der Waals surface area contributed by atoms with Gasteiger partial charge < -0.3 is 14.8 Å². The predicted octanol–water partition coefficient (Wildman–Crippen LogP) is 1.75. The van der Waals surface area contributed by atoms with Crippen molar-refractivity contribution in [1.29, 1.82) is 0 Å². The summed E-state index contributed by atoms with van der Waals surface area (Å²) < 4.78 is 5.07. The van der Waals surface area contributed by atoms with Crippen LogP contribution in [0.2, 0.25) is 0 Å². The Morgan fingerprint density at radius 1 is 1.33 bits per heavy atom. The first-order valence-electron chi connectivity index (χ1n) is 5.23. The third-order valence-electron chi connectivity index (χ3n) is 2.56. The number of ether oxygens (including phenoxy) is 1. The van der Waals surface area contributed by atoms with Crippen molar-refractivity contribution < 1.29 is 14.6 Å². The van der Waals surface area contributed by atoms with E-state index < -0.39 is 11.5 Å². The first kappa shape index (κ1) is 11.9. The third-order valence-corrected chi connectivity index (χ3v) is 2.56. The van der Waals surface area contributed by atoms with Crippen LogP contribution in [0.3, 0.4) is 0 Å². The van der Waals surface area contributed by atoms with Crippen LogP contribution >= 0.6 is 0 Å². The molecule has 0 unspecified atom stereocenters. The number of aromatic carboxylic acids is 1. The molecule has 0 aliphatic rings. The molecule has 5 heteroatoms. The maximum absolute atomic E-state index is 11.5. The van der Waals surface area contributed by atoms with Crippen molar-refractivity contribution in [1.82, 2.24) is 4.98 Å². The maximum atomic E-state index is 11.5. The van der Waals surface area contributed by atoms with Crippen LogP contribution in [0.15, 0.2) is 41.3 Å². The predicted molar refractivity (Wildman–Crippen MR) is 66.0 cm³/mol. The van der Waals surface area contributed by atoms with Gasteiger partial charge in [0, 0.05) is 11.8 Å². The third kappa shape index (κ3) is 2.10. The van der Waals surface area contributed by atoms with Crippen LogP contribution in [-0.2, 0) is 0 Å². The van der Waals surface area contributed by atoms with Crippen LogP contribution in [0.25, 0.3) is 11.1 Å². The van der Waals surface area contributed by atoms with Crippen LogP contribution in [0.4, 0.5) is 0 Å². The number of aromatic amines is 1. The van der Waals surface area contributed by atoms with Crippen LogP contribution < -0.4 is 10.3 Å². The number of hydrogen-bond donors (Lipinski definition) is 2. The lowest BCUT2D eigenvalue weighted by Gasteiger charge is -2.07. The first-order valence-corrected chi connectivity index (χ1v) is 5.23. The van der Waals surface area contributed by atoms with E-state index in [1.807, 2.05) is 0 Å². The molecule has 1 aromatic carbocycles. The lowest BCUT2D eigenvalue weighted by molar-refractivity contribution is 0.0696. The van der Waals surface area contributed by atoms with E-state index in [4.69, 9.17) is 9.84 Å². The van der Waals surface area contributed by atoms with Crippen molar-refractivity contribution in [3.63, 3.8) is 0 Å². The molecule has 1 heterocycles. The fraction of sp³-hybridized carbons (Fsp3) is 0.0769. The van der Waals surface area contributed by atoms with Crippen molar-refractivity contribution in [3.8, 4) is 16.9 Å². The van der Waals surface area contributed by atoms with Gasteiger partial charge in [0.1, 0.15) is 11.3 Å². The summed E-state index contributed by atoms with van der Waals surface area (Å²) in [6, 6.07) is 8.45. The number of nitrogens with one attached hydrogen (secondary N) is 1. The molecule has 0 saturated carbocycles. The molecule has 0 atom stereocenters. The van der Waals surface area contributed by atoms with Crippen LogP contribution in [-0.4, -0.2) is 23.2 Å². The molecule has 0 spiro atoms. The number of pyridine rings is 1. The highest BCUT2D eigenvalue weighted by Gasteiger charge is 2.15. The SMILES string of the molecule is COc1cccc(-c2cc[nH]c(=O)c2C(=O)O)c1. The van der Waals surface area contributed by atoms with Crippen molar-refractivity contribution in [2.24, 2.45) is 0 Å². The van der Waals surface area contributed by atoms with E-state index in [0.29, 0.717) is 16.9 Å². The van der Waals surface area contributed by atoms with E-state index in [9.17, 15) is 9.59 Å². The number of rotatable bonds is 3. The molecule has 92 valence electrons. The smallest absolute Gasteiger partial charge is 0.341 e. The molecule has 2 aromatic rings. The molecule has 2 rings (SSSR count). The van der Waals surface area contributed by atoms with Crippen molar-refractivity contribution in [3.05, 3.63) is 52.4 Å². The zero-order chi connectivity index (χ0) is 13.1. The topological polar surface area (TPSA) is 79.4 Å². The molecule has 0 saturated heterocycles. The largest absolute Gasteiger partial charge is 0.497 e. The summed E-state index contributed by atoms with van der Waals surface area (Å²) in [6.07, 6.45) is 1.42. The highest BCUT2D eigenvalue weighted by Crippen LogP contribution is 2.25. The van der Waals surface area contributed by atoms with Crippen molar-refractivity contribution in [2.45, 2.75) is 0 Å². The van der Waals surface area contributed by atoms with Crippen LogP contribution in [0.1, 0.15) is 10.4 Å². The molecule has 0 bridgehead atoms. The number of methoxy groups -OCH3 is 1. The Kier molecular flexibility index (Phi) is 3.14. The van der Waals surface area contributed by atoms with Crippen LogP contribution in [0, 0.1) is 0 Å². The summed E-state index contributed by atoms with van der Waals surface area (Å²) in [5.41, 5.74) is 0.0940. The molecule has 0 amide bonds. The average Bonchev–Trinajstić information content (AvgIpc) is 2.38. The Morgan fingerprint density at radius 2 is 2.11 bits per heavy atom. The van der Waals surface area contributed by atoms with Gasteiger partial charge in [0.05, 0.1) is 7.11 Å². The van der Waals surface area contributed by atoms with Gasteiger partial charge in [-0.05, 0) is 23.8 Å². The van der Waals surface area contributed by atoms with E-state index in [0.717, 1.165) is 0 Å². The van der Waals surface area contributed by atoms with E-state index in [2.05, 4.69) is 4.98 Å². The Morgan fingerprint density at radius 3 is 2.78 bits per heavy atom. The second-order valence-corrected chi connectivity index (χ2v) is 3.63. The lowest BCUT2D eigenvalue weighted by atomic mass is 10.0. The second-order valence-electron chi connectivity index (χ2n) is 3.63. The molecule has 0 radical (unpaired) electrons. The summed E-state index contributed by atoms with van der Waals surface area (Å²) in [5, 5.41) is 9.08. The van der Waals surface area contributed by atoms with Gasteiger partial charge in [0.2, 0.25) is 0 Å². The Bertz CT molecular complexity index is 645. The average molecular weight is 245 g/mol. The number of carboxylic acid groups (broad SMARTS) is 1. The van der Waals surface area contributed by atoms with E-state index >= 15 is 0 Å². The molecule has 5 nitrogen and oxygen atoms in total. The number of hydrogen-bond acceptors (Lipinski definition) is 3. The summed E-state index contributed by atoms with van der Waals surface area (Å²) in [4.78, 5) is 25.0. The molecule has 18 heavy (non-hydrogen) atoms. The standard InChI is InChI=1S/C13H11NO4/c1-18-9-4-2-3-8(7-9)10-5-6-14-12(15)11(10)13(16)17/h2-7H,1H3,(H,14,15)(H,16,17). The second kappa shape index (κ2) is 4.75. The van der Waals surface area contributed by atoms with Gasteiger partial charge in [0.25, 0.3) is 5.56 Å². The van der Waals surface area contributed by atoms with Gasteiger partial charge in [0.15, 0.2) is 0 Å². The molecular formula is C13H11NO4. The number of H-pyrrole nitrogens is 1. The maximum Gasteiger partial charge on any atom is 0.341 e. The van der Waals surface area contributed by atoms with Gasteiger partial charge in [-0.25, -0.2) is 4.79 Å². The minimum atomic E-state index is -1.25. The molecule has 0 fully saturated rings. The number of aromatic nitrogens is 1. The zero-order valence-electron chi connectivity index (χ0n) is 9.64. The lowest BCUT2D eigenvalue weighted by Crippen LogP contribution is -2.18. The molecule has 1 aromatic heterocycles. The highest BCUT2D eigenvalue weighted by molar-refractivity contribution is 5.95. The van der Waals surface area contributed by atoms with Gasteiger partial charge >= 0.3 is 5.97 Å². The summed E-state index contributed by atoms with van der Waals surface area (Å²) >= 11 is 0. The number of carboxylic acids is 1. The molecular weight excluding hydrogens is 234 g/mol. The summed E-state index contributed by atoms with van der Waals surface area (Å²) in [6.45, 7) is 0. The first-order chi connectivity index (χ1) is 8.63.